The van der Waals surface area contributed by atoms with E-state index in [0.29, 0.717) is 0 Å². The molecule has 0 unspecified atom stereocenters. The first-order valence-electron chi connectivity index (χ1n) is 7.57. The minimum absolute atomic E-state index is 0.0701. The van der Waals surface area contributed by atoms with Gasteiger partial charge in [0.05, 0.1) is 5.69 Å². The molecule has 2 nitrogen and oxygen atoms in total. The minimum Gasteiger partial charge on any atom is -0.345 e. The Hall–Kier alpha value is -0.790. The largest absolute Gasteiger partial charge is 0.345 e. The number of rotatable bonds is 4. The molecule has 1 rings (SSSR count). The summed E-state index contributed by atoms with van der Waals surface area (Å²) in [6.07, 6.45) is 2.22. The van der Waals surface area contributed by atoms with Gasteiger partial charge in [0.15, 0.2) is 0 Å². The molecule has 1 aromatic rings. The van der Waals surface area contributed by atoms with Crippen molar-refractivity contribution >= 4 is 0 Å². The third-order valence-corrected chi connectivity index (χ3v) is 4.50. The van der Waals surface area contributed by atoms with Crippen molar-refractivity contribution in [2.24, 2.45) is 0 Å². The molecule has 0 saturated carbocycles. The van der Waals surface area contributed by atoms with E-state index in [9.17, 15) is 0 Å². The Morgan fingerprint density at radius 1 is 0.842 bits per heavy atom. The van der Waals surface area contributed by atoms with Crippen LogP contribution in [0.15, 0.2) is 0 Å². The van der Waals surface area contributed by atoms with Crippen molar-refractivity contribution in [3.63, 3.8) is 0 Å². The summed E-state index contributed by atoms with van der Waals surface area (Å²) < 4.78 is 0. The lowest BCUT2D eigenvalue weighted by molar-refractivity contribution is 0.441. The molecule has 1 heterocycles. The lowest BCUT2D eigenvalue weighted by Crippen LogP contribution is -2.25. The highest BCUT2D eigenvalue weighted by molar-refractivity contribution is 5.30. The number of H-pyrrole nitrogens is 1. The highest BCUT2D eigenvalue weighted by atomic mass is 15.0. The third kappa shape index (κ3) is 3.21. The SMILES string of the molecule is CCC(C)(C)c1nc(C(C)(C)C)[nH]c1C(C)(C)CC. The average molecular weight is 264 g/mol. The van der Waals surface area contributed by atoms with Crippen LogP contribution in [0.2, 0.25) is 0 Å². The molecule has 0 aliphatic carbocycles. The fourth-order valence-corrected chi connectivity index (χ4v) is 2.05. The maximum absolute atomic E-state index is 4.98. The monoisotopic (exact) mass is 264 g/mol. The first kappa shape index (κ1) is 16.3. The van der Waals surface area contributed by atoms with Crippen LogP contribution in [0.3, 0.4) is 0 Å². The summed E-state index contributed by atoms with van der Waals surface area (Å²) in [6.45, 7) is 20.4. The highest BCUT2D eigenvalue weighted by Crippen LogP contribution is 2.37. The van der Waals surface area contributed by atoms with Crippen LogP contribution in [0.4, 0.5) is 0 Å². The van der Waals surface area contributed by atoms with Gasteiger partial charge in [-0.3, -0.25) is 0 Å². The maximum Gasteiger partial charge on any atom is 0.112 e. The van der Waals surface area contributed by atoms with Gasteiger partial charge in [-0.25, -0.2) is 4.98 Å². The Kier molecular flexibility index (Phi) is 4.24. The smallest absolute Gasteiger partial charge is 0.112 e. The van der Waals surface area contributed by atoms with Crippen molar-refractivity contribution in [3.8, 4) is 0 Å². The summed E-state index contributed by atoms with van der Waals surface area (Å²) in [5.74, 6) is 1.11. The quantitative estimate of drug-likeness (QED) is 0.807. The fourth-order valence-electron chi connectivity index (χ4n) is 2.05. The Labute approximate surface area is 119 Å². The predicted molar refractivity (Wildman–Crippen MR) is 83.9 cm³/mol. The Bertz CT molecular complexity index is 397. The summed E-state index contributed by atoms with van der Waals surface area (Å²) in [7, 11) is 0. The van der Waals surface area contributed by atoms with E-state index >= 15 is 0 Å². The molecule has 0 bridgehead atoms. The Balaban J connectivity index is 3.48. The average Bonchev–Trinajstić information content (AvgIpc) is 2.74. The molecule has 2 heteroatoms. The minimum atomic E-state index is 0.0701. The van der Waals surface area contributed by atoms with Gasteiger partial charge in [-0.05, 0) is 12.8 Å². The van der Waals surface area contributed by atoms with E-state index in [1.807, 2.05) is 0 Å². The summed E-state index contributed by atoms with van der Waals surface area (Å²) in [6, 6.07) is 0. The molecule has 0 fully saturated rings. The van der Waals surface area contributed by atoms with Crippen LogP contribution < -0.4 is 0 Å². The van der Waals surface area contributed by atoms with E-state index in [-0.39, 0.29) is 16.2 Å². The van der Waals surface area contributed by atoms with Crippen LogP contribution in [0.1, 0.15) is 92.4 Å². The molecule has 1 N–H and O–H groups in total. The third-order valence-electron chi connectivity index (χ3n) is 4.50. The summed E-state index contributed by atoms with van der Waals surface area (Å²) in [5.41, 5.74) is 2.93. The Morgan fingerprint density at radius 2 is 1.32 bits per heavy atom. The van der Waals surface area contributed by atoms with Gasteiger partial charge >= 0.3 is 0 Å². The molecule has 0 aliphatic heterocycles. The molecule has 19 heavy (non-hydrogen) atoms. The van der Waals surface area contributed by atoms with Crippen LogP contribution in [0.25, 0.3) is 0 Å². The van der Waals surface area contributed by atoms with Crippen molar-refractivity contribution in [1.82, 2.24) is 9.97 Å². The van der Waals surface area contributed by atoms with Gasteiger partial charge in [0.2, 0.25) is 0 Å². The number of imidazole rings is 1. The van der Waals surface area contributed by atoms with Crippen molar-refractivity contribution in [1.29, 1.82) is 0 Å². The number of nitrogens with one attached hydrogen (secondary N) is 1. The summed E-state index contributed by atoms with van der Waals surface area (Å²) in [5, 5.41) is 0. The highest BCUT2D eigenvalue weighted by Gasteiger charge is 2.34. The van der Waals surface area contributed by atoms with Gasteiger partial charge in [0.25, 0.3) is 0 Å². The van der Waals surface area contributed by atoms with E-state index < -0.39 is 0 Å². The number of aromatic amines is 1. The zero-order valence-corrected chi connectivity index (χ0v) is 14.4. The molecule has 110 valence electrons. The molecule has 0 aliphatic rings. The fraction of sp³-hybridized carbons (Fsp3) is 0.824. The molecule has 0 aromatic carbocycles. The second kappa shape index (κ2) is 4.96. The molecular weight excluding hydrogens is 232 g/mol. The summed E-state index contributed by atoms with van der Waals surface area (Å²) >= 11 is 0. The number of hydrogen-bond acceptors (Lipinski definition) is 1. The first-order chi connectivity index (χ1) is 8.45. The summed E-state index contributed by atoms with van der Waals surface area (Å²) in [4.78, 5) is 8.62. The standard InChI is InChI=1S/C17H32N2/c1-10-16(6,7)12-13(17(8,9)11-2)19-14(18-12)15(3,4)5/h10-11H2,1-9H3,(H,18,19). The van der Waals surface area contributed by atoms with Crippen LogP contribution in [-0.4, -0.2) is 9.97 Å². The molecule has 0 saturated heterocycles. The van der Waals surface area contributed by atoms with Crippen molar-refractivity contribution in [2.75, 3.05) is 0 Å². The zero-order chi connectivity index (χ0) is 15.1. The number of hydrogen-bond donors (Lipinski definition) is 1. The lowest BCUT2D eigenvalue weighted by Gasteiger charge is -2.29. The molecule has 0 atom stereocenters. The molecular formula is C17H32N2. The van der Waals surface area contributed by atoms with Gasteiger partial charge in [-0.15, -0.1) is 0 Å². The maximum atomic E-state index is 4.98. The van der Waals surface area contributed by atoms with Crippen LogP contribution in [0, 0.1) is 0 Å². The second-order valence-electron chi connectivity index (χ2n) is 8.03. The van der Waals surface area contributed by atoms with Gasteiger partial charge in [-0.1, -0.05) is 62.3 Å². The Morgan fingerprint density at radius 3 is 1.68 bits per heavy atom. The van der Waals surface area contributed by atoms with Gasteiger partial charge in [-0.2, -0.15) is 0 Å². The predicted octanol–water partition coefficient (Wildman–Crippen LogP) is 5.08. The topological polar surface area (TPSA) is 28.7 Å². The molecule has 0 amide bonds. The van der Waals surface area contributed by atoms with E-state index in [0.717, 1.165) is 18.7 Å². The van der Waals surface area contributed by atoms with E-state index in [4.69, 9.17) is 4.98 Å². The van der Waals surface area contributed by atoms with Gasteiger partial charge in [0, 0.05) is 21.9 Å². The van der Waals surface area contributed by atoms with E-state index in [1.54, 1.807) is 0 Å². The van der Waals surface area contributed by atoms with E-state index in [2.05, 4.69) is 67.3 Å². The first-order valence-corrected chi connectivity index (χ1v) is 7.57. The molecule has 1 aromatic heterocycles. The van der Waals surface area contributed by atoms with Gasteiger partial charge < -0.3 is 4.98 Å². The number of aromatic nitrogens is 2. The van der Waals surface area contributed by atoms with Crippen LogP contribution in [-0.2, 0) is 16.2 Å². The van der Waals surface area contributed by atoms with Crippen molar-refractivity contribution in [3.05, 3.63) is 17.2 Å². The number of nitrogens with zero attached hydrogens (tertiary/aromatic N) is 1. The van der Waals surface area contributed by atoms with E-state index in [1.165, 1.54) is 11.4 Å². The second-order valence-corrected chi connectivity index (χ2v) is 8.03. The van der Waals surface area contributed by atoms with Crippen LogP contribution in [0.5, 0.6) is 0 Å². The molecule has 0 spiro atoms. The normalized spacial score (nSPS) is 13.9. The molecule has 0 radical (unpaired) electrons. The van der Waals surface area contributed by atoms with Gasteiger partial charge in [0.1, 0.15) is 5.82 Å². The van der Waals surface area contributed by atoms with Crippen molar-refractivity contribution < 1.29 is 0 Å². The van der Waals surface area contributed by atoms with Crippen molar-refractivity contribution in [2.45, 2.75) is 91.4 Å². The zero-order valence-electron chi connectivity index (χ0n) is 14.4. The lowest BCUT2D eigenvalue weighted by atomic mass is 9.77. The van der Waals surface area contributed by atoms with Crippen LogP contribution >= 0.6 is 0 Å².